The Morgan fingerprint density at radius 1 is 0.575 bits per heavy atom. The van der Waals surface area contributed by atoms with Crippen molar-refractivity contribution in [2.24, 2.45) is 17.8 Å². The van der Waals surface area contributed by atoms with Crippen molar-refractivity contribution >= 4 is 17.9 Å². The van der Waals surface area contributed by atoms with E-state index in [9.17, 15) is 14.4 Å². The van der Waals surface area contributed by atoms with Crippen LogP contribution in [0.2, 0.25) is 0 Å². The second-order valence-electron chi connectivity index (χ2n) is 12.1. The number of fused-ring (bicyclic) bond motifs is 1. The second kappa shape index (κ2) is 19.6. The van der Waals surface area contributed by atoms with Crippen LogP contribution in [-0.2, 0) is 48.9 Å². The van der Waals surface area contributed by atoms with Gasteiger partial charge in [-0.2, -0.15) is 27.8 Å². The minimum Gasteiger partial charge on any atom is -0.481 e. The normalized spacial score (nSPS) is 19.6. The van der Waals surface area contributed by atoms with Crippen molar-refractivity contribution < 1.29 is 51.4 Å². The van der Waals surface area contributed by atoms with Crippen LogP contribution >= 0.6 is 0 Å². The first-order chi connectivity index (χ1) is 18.6. The summed E-state index contributed by atoms with van der Waals surface area (Å²) in [7, 11) is 0. The average molecular weight is 594 g/mol. The van der Waals surface area contributed by atoms with Crippen LogP contribution < -0.4 is 0 Å². The summed E-state index contributed by atoms with van der Waals surface area (Å²) in [5.74, 6) is -1.89. The first kappa shape index (κ1) is 36.5. The zero-order chi connectivity index (χ0) is 28.8. The van der Waals surface area contributed by atoms with Crippen LogP contribution in [0.3, 0.4) is 0 Å². The summed E-state index contributed by atoms with van der Waals surface area (Å²) in [4.78, 5) is 31.1. The maximum absolute atomic E-state index is 10.4. The Morgan fingerprint density at radius 2 is 0.900 bits per heavy atom. The van der Waals surface area contributed by atoms with Crippen molar-refractivity contribution in [3.05, 3.63) is 27.8 Å². The van der Waals surface area contributed by atoms with Crippen molar-refractivity contribution in [1.29, 1.82) is 0 Å². The SMILES string of the molecule is Cc1c2c([c-](C)c1C)CCCC2.O=C(O)C1CCCCC1.O=C(O)C1CCCCC1.O=C(O)C1CCCCC1.[Ti]. The fraction of sp³-hybridized carbons (Fsp3) is 0.758. The summed E-state index contributed by atoms with van der Waals surface area (Å²) in [6, 6.07) is 0. The molecular weight excluding hydrogens is 540 g/mol. The standard InChI is InChI=1S/C12H17.3C7H12O2.Ti/c1-8-9(2)11-6-4-5-7-12(11)10(8)3;3*8-7(9)6-4-2-1-3-5-6;/h4-7H2,1-3H3;3*6H,1-5H2,(H,8,9);/q-1;;;;. The molecule has 3 saturated carbocycles. The van der Waals surface area contributed by atoms with Gasteiger partial charge in [0, 0.05) is 21.7 Å². The molecule has 0 radical (unpaired) electrons. The Labute approximate surface area is 257 Å². The minimum atomic E-state index is -0.602. The van der Waals surface area contributed by atoms with Crippen LogP contribution in [-0.4, -0.2) is 33.2 Å². The van der Waals surface area contributed by atoms with Gasteiger partial charge in [-0.25, -0.2) is 0 Å². The second-order valence-corrected chi connectivity index (χ2v) is 12.1. The van der Waals surface area contributed by atoms with E-state index in [1.165, 1.54) is 44.9 Å². The third-order valence-corrected chi connectivity index (χ3v) is 9.36. The summed E-state index contributed by atoms with van der Waals surface area (Å²) in [6.07, 6.45) is 21.2. The van der Waals surface area contributed by atoms with Gasteiger partial charge in [0.05, 0.1) is 17.8 Å². The molecular formula is C33H53O6Ti-. The number of carboxylic acid groups (broad SMARTS) is 3. The quantitative estimate of drug-likeness (QED) is 0.241. The van der Waals surface area contributed by atoms with Gasteiger partial charge in [-0.15, -0.1) is 0 Å². The molecule has 1 aromatic carbocycles. The van der Waals surface area contributed by atoms with E-state index in [1.807, 2.05) is 0 Å². The van der Waals surface area contributed by atoms with Gasteiger partial charge < -0.3 is 15.3 Å². The average Bonchev–Trinajstić information content (AvgIpc) is 3.19. The Bertz CT molecular complexity index is 806. The number of hydrogen-bond donors (Lipinski definition) is 3. The molecule has 0 atom stereocenters. The van der Waals surface area contributed by atoms with Gasteiger partial charge in [0.15, 0.2) is 0 Å². The van der Waals surface area contributed by atoms with Crippen molar-refractivity contribution in [1.82, 2.24) is 0 Å². The maximum Gasteiger partial charge on any atom is 0.306 e. The van der Waals surface area contributed by atoms with E-state index in [4.69, 9.17) is 15.3 Å². The van der Waals surface area contributed by atoms with Gasteiger partial charge in [0.25, 0.3) is 0 Å². The fourth-order valence-electron chi connectivity index (χ4n) is 6.52. The fourth-order valence-corrected chi connectivity index (χ4v) is 6.52. The van der Waals surface area contributed by atoms with Crippen LogP contribution in [0.25, 0.3) is 0 Å². The zero-order valence-corrected chi connectivity index (χ0v) is 26.8. The molecule has 7 heteroatoms. The van der Waals surface area contributed by atoms with E-state index >= 15 is 0 Å². The number of carboxylic acids is 3. The molecule has 1 aromatic rings. The summed E-state index contributed by atoms with van der Waals surface area (Å²) < 4.78 is 0. The molecule has 0 bridgehead atoms. The van der Waals surface area contributed by atoms with Gasteiger partial charge in [-0.1, -0.05) is 104 Å². The van der Waals surface area contributed by atoms with Crippen LogP contribution in [0.15, 0.2) is 0 Å². The zero-order valence-electron chi connectivity index (χ0n) is 25.2. The third kappa shape index (κ3) is 12.1. The molecule has 5 rings (SSSR count). The smallest absolute Gasteiger partial charge is 0.306 e. The van der Waals surface area contributed by atoms with E-state index in [0.29, 0.717) is 0 Å². The molecule has 0 heterocycles. The first-order valence-corrected chi connectivity index (χ1v) is 15.6. The Balaban J connectivity index is 0.000000267. The van der Waals surface area contributed by atoms with E-state index in [2.05, 4.69) is 20.8 Å². The molecule has 4 aliphatic rings. The molecule has 226 valence electrons. The van der Waals surface area contributed by atoms with E-state index in [0.717, 1.165) is 77.0 Å². The number of aliphatic carboxylic acids is 3. The van der Waals surface area contributed by atoms with Gasteiger partial charge in [-0.3, -0.25) is 14.4 Å². The van der Waals surface area contributed by atoms with E-state index in [-0.39, 0.29) is 39.5 Å². The number of hydrogen-bond acceptors (Lipinski definition) is 3. The topological polar surface area (TPSA) is 112 Å². The van der Waals surface area contributed by atoms with Gasteiger partial charge >= 0.3 is 17.9 Å². The van der Waals surface area contributed by atoms with Crippen LogP contribution in [0.5, 0.6) is 0 Å². The molecule has 0 unspecified atom stereocenters. The minimum absolute atomic E-state index is 0. The van der Waals surface area contributed by atoms with E-state index < -0.39 is 17.9 Å². The van der Waals surface area contributed by atoms with Crippen LogP contribution in [0.4, 0.5) is 0 Å². The Hall–Kier alpha value is -1.53. The van der Waals surface area contributed by atoms with Crippen molar-refractivity contribution in [3.63, 3.8) is 0 Å². The summed E-state index contributed by atoms with van der Waals surface area (Å²) in [5.41, 5.74) is 8.04. The Kier molecular flexibility index (Phi) is 17.9. The van der Waals surface area contributed by atoms with Crippen LogP contribution in [0.1, 0.15) is 137 Å². The van der Waals surface area contributed by atoms with Crippen LogP contribution in [0, 0.1) is 38.5 Å². The molecule has 0 spiro atoms. The van der Waals surface area contributed by atoms with E-state index in [1.54, 1.807) is 27.8 Å². The summed E-state index contributed by atoms with van der Waals surface area (Å²) in [6.45, 7) is 6.84. The number of rotatable bonds is 3. The molecule has 4 aliphatic carbocycles. The molecule has 3 N–H and O–H groups in total. The molecule has 0 aromatic heterocycles. The molecule has 6 nitrogen and oxygen atoms in total. The van der Waals surface area contributed by atoms with Crippen molar-refractivity contribution in [2.75, 3.05) is 0 Å². The molecule has 0 saturated heterocycles. The Morgan fingerprint density at radius 3 is 1.18 bits per heavy atom. The third-order valence-electron chi connectivity index (χ3n) is 9.36. The number of carbonyl (C=O) groups is 3. The predicted octanol–water partition coefficient (Wildman–Crippen LogP) is 8.16. The summed E-state index contributed by atoms with van der Waals surface area (Å²) >= 11 is 0. The molecule has 40 heavy (non-hydrogen) atoms. The summed E-state index contributed by atoms with van der Waals surface area (Å²) in [5, 5.41) is 25.6. The monoisotopic (exact) mass is 593 g/mol. The van der Waals surface area contributed by atoms with Crippen molar-refractivity contribution in [3.8, 4) is 0 Å². The molecule has 0 aliphatic heterocycles. The largest absolute Gasteiger partial charge is 0.481 e. The van der Waals surface area contributed by atoms with Gasteiger partial charge in [-0.05, 0) is 38.5 Å². The molecule has 3 fully saturated rings. The first-order valence-electron chi connectivity index (χ1n) is 15.6. The van der Waals surface area contributed by atoms with Gasteiger partial charge in [0.1, 0.15) is 0 Å². The molecule has 0 amide bonds. The van der Waals surface area contributed by atoms with Crippen molar-refractivity contribution in [2.45, 2.75) is 143 Å². The van der Waals surface area contributed by atoms with Gasteiger partial charge in [0.2, 0.25) is 0 Å². The predicted molar refractivity (Wildman–Crippen MR) is 156 cm³/mol. The maximum atomic E-state index is 10.4.